The van der Waals surface area contributed by atoms with Crippen molar-refractivity contribution in [2.75, 3.05) is 0 Å². The average molecular weight is 272 g/mol. The number of rotatable bonds is 4. The highest BCUT2D eigenvalue weighted by Gasteiger charge is 2.06. The molecule has 5 nitrogen and oxygen atoms in total. The summed E-state index contributed by atoms with van der Waals surface area (Å²) in [5.74, 6) is -0.943. The number of primary amides is 1. The summed E-state index contributed by atoms with van der Waals surface area (Å²) in [6.07, 6.45) is 0. The van der Waals surface area contributed by atoms with Crippen molar-refractivity contribution in [3.8, 4) is 6.07 Å². The molecule has 88 valence electrons. The van der Waals surface area contributed by atoms with Gasteiger partial charge in [0.25, 0.3) is 5.91 Å². The smallest absolute Gasteiger partial charge is 0.281 e. The monoisotopic (exact) mass is 271 g/mol. The molecule has 1 amide bonds. The molecule has 0 atom stereocenters. The number of hydrogen-bond acceptors (Lipinski definition) is 4. The quantitative estimate of drug-likeness (QED) is 0.670. The van der Waals surface area contributed by atoms with E-state index in [2.05, 4.69) is 5.16 Å². The van der Waals surface area contributed by atoms with Crippen LogP contribution in [0.25, 0.3) is 0 Å². The standard InChI is InChI=1S/C10H7Cl2N3O2/c11-7-2-1-6(3-8(7)12)5-17-15-9(4-13)10(14)16/h1-3H,5H2,(H2,14,16). The summed E-state index contributed by atoms with van der Waals surface area (Å²) >= 11 is 11.5. The molecular formula is C10H7Cl2N3O2. The van der Waals surface area contributed by atoms with Gasteiger partial charge in [-0.15, -0.1) is 0 Å². The van der Waals surface area contributed by atoms with Crippen molar-refractivity contribution in [2.24, 2.45) is 10.9 Å². The van der Waals surface area contributed by atoms with Crippen LogP contribution in [0.3, 0.4) is 0 Å². The third-order valence-electron chi connectivity index (χ3n) is 1.71. The van der Waals surface area contributed by atoms with Crippen molar-refractivity contribution < 1.29 is 9.63 Å². The number of nitrogens with zero attached hydrogens (tertiary/aromatic N) is 2. The van der Waals surface area contributed by atoms with E-state index in [0.717, 1.165) is 0 Å². The topological polar surface area (TPSA) is 88.5 Å². The van der Waals surface area contributed by atoms with Crippen LogP contribution in [0.1, 0.15) is 5.56 Å². The van der Waals surface area contributed by atoms with Crippen LogP contribution < -0.4 is 5.73 Å². The first-order valence-electron chi connectivity index (χ1n) is 4.38. The number of nitrogens with two attached hydrogens (primary N) is 1. The number of hydrogen-bond donors (Lipinski definition) is 1. The zero-order chi connectivity index (χ0) is 12.8. The Kier molecular flexibility index (Phi) is 4.76. The molecule has 0 radical (unpaired) electrons. The minimum atomic E-state index is -0.943. The predicted molar refractivity (Wildman–Crippen MR) is 63.5 cm³/mol. The predicted octanol–water partition coefficient (Wildman–Crippen LogP) is 1.87. The second-order valence-electron chi connectivity index (χ2n) is 2.94. The molecule has 0 unspecified atom stereocenters. The van der Waals surface area contributed by atoms with E-state index >= 15 is 0 Å². The lowest BCUT2D eigenvalue weighted by Crippen LogP contribution is -2.21. The van der Waals surface area contributed by atoms with Crippen molar-refractivity contribution in [1.82, 2.24) is 0 Å². The molecule has 0 spiro atoms. The van der Waals surface area contributed by atoms with Crippen molar-refractivity contribution in [3.05, 3.63) is 33.8 Å². The second kappa shape index (κ2) is 6.09. The fourth-order valence-corrected chi connectivity index (χ4v) is 1.24. The molecule has 0 aliphatic heterocycles. The maximum absolute atomic E-state index is 10.6. The lowest BCUT2D eigenvalue weighted by atomic mass is 10.2. The maximum atomic E-state index is 10.6. The molecule has 7 heteroatoms. The summed E-state index contributed by atoms with van der Waals surface area (Å²) in [5, 5.41) is 12.6. The average Bonchev–Trinajstić information content (AvgIpc) is 2.28. The number of oxime groups is 1. The Balaban J connectivity index is 2.66. The third-order valence-corrected chi connectivity index (χ3v) is 2.45. The second-order valence-corrected chi connectivity index (χ2v) is 3.75. The molecule has 0 saturated heterocycles. The van der Waals surface area contributed by atoms with Gasteiger partial charge in [0.1, 0.15) is 12.7 Å². The Hall–Kier alpha value is -1.77. The van der Waals surface area contributed by atoms with Crippen LogP contribution in [0.15, 0.2) is 23.4 Å². The molecular weight excluding hydrogens is 265 g/mol. The van der Waals surface area contributed by atoms with Crippen molar-refractivity contribution in [1.29, 1.82) is 5.26 Å². The summed E-state index contributed by atoms with van der Waals surface area (Å²) in [7, 11) is 0. The zero-order valence-electron chi connectivity index (χ0n) is 8.48. The molecule has 0 aliphatic rings. The number of carbonyl (C=O) groups is 1. The van der Waals surface area contributed by atoms with Gasteiger partial charge in [-0.25, -0.2) is 0 Å². The molecule has 0 saturated carbocycles. The highest BCUT2D eigenvalue weighted by Crippen LogP contribution is 2.22. The number of nitriles is 1. The van der Waals surface area contributed by atoms with Crippen LogP contribution in [0.5, 0.6) is 0 Å². The van der Waals surface area contributed by atoms with Crippen LogP contribution in [-0.4, -0.2) is 11.6 Å². The first-order chi connectivity index (χ1) is 8.04. The van der Waals surface area contributed by atoms with Crippen LogP contribution in [0, 0.1) is 11.3 Å². The van der Waals surface area contributed by atoms with Crippen LogP contribution in [0.2, 0.25) is 10.0 Å². The minimum absolute atomic E-state index is 0.0509. The van der Waals surface area contributed by atoms with Gasteiger partial charge in [0.05, 0.1) is 10.0 Å². The molecule has 0 heterocycles. The van der Waals surface area contributed by atoms with E-state index in [1.165, 1.54) is 6.07 Å². The van der Waals surface area contributed by atoms with E-state index < -0.39 is 11.6 Å². The maximum Gasteiger partial charge on any atom is 0.281 e. The summed E-state index contributed by atoms with van der Waals surface area (Å²) in [5.41, 5.74) is 5.06. The lowest BCUT2D eigenvalue weighted by molar-refractivity contribution is -0.112. The van der Waals surface area contributed by atoms with Crippen LogP contribution in [0.4, 0.5) is 0 Å². The summed E-state index contributed by atoms with van der Waals surface area (Å²) in [6, 6.07) is 6.39. The van der Waals surface area contributed by atoms with Crippen LogP contribution >= 0.6 is 23.2 Å². The molecule has 0 bridgehead atoms. The van der Waals surface area contributed by atoms with E-state index in [-0.39, 0.29) is 6.61 Å². The van der Waals surface area contributed by atoms with Crippen LogP contribution in [-0.2, 0) is 16.2 Å². The van der Waals surface area contributed by atoms with Gasteiger partial charge >= 0.3 is 0 Å². The van der Waals surface area contributed by atoms with E-state index in [0.29, 0.717) is 15.6 Å². The van der Waals surface area contributed by atoms with Crippen molar-refractivity contribution in [2.45, 2.75) is 6.61 Å². The van der Waals surface area contributed by atoms with E-state index in [1.54, 1.807) is 18.2 Å². The fourth-order valence-electron chi connectivity index (χ4n) is 0.921. The fraction of sp³-hybridized carbons (Fsp3) is 0.100. The highest BCUT2D eigenvalue weighted by molar-refractivity contribution is 6.44. The van der Waals surface area contributed by atoms with Crippen molar-refractivity contribution in [3.63, 3.8) is 0 Å². The Morgan fingerprint density at radius 3 is 2.71 bits per heavy atom. The summed E-state index contributed by atoms with van der Waals surface area (Å²) in [6.45, 7) is 0.0509. The number of amides is 1. The Morgan fingerprint density at radius 2 is 2.18 bits per heavy atom. The SMILES string of the molecule is N#CC(=NOCc1ccc(Cl)c(Cl)c1)C(N)=O. The third kappa shape index (κ3) is 3.94. The van der Waals surface area contributed by atoms with Gasteiger partial charge in [0.2, 0.25) is 5.71 Å². The molecule has 0 fully saturated rings. The molecule has 0 aliphatic carbocycles. The normalized spacial score (nSPS) is 10.8. The Labute approximate surface area is 107 Å². The van der Waals surface area contributed by atoms with E-state index in [9.17, 15) is 4.79 Å². The van der Waals surface area contributed by atoms with E-state index in [1.807, 2.05) is 0 Å². The first-order valence-corrected chi connectivity index (χ1v) is 5.14. The Bertz CT molecular complexity index is 509. The highest BCUT2D eigenvalue weighted by atomic mass is 35.5. The molecule has 1 rings (SSSR count). The summed E-state index contributed by atoms with van der Waals surface area (Å²) in [4.78, 5) is 15.4. The van der Waals surface area contributed by atoms with Gasteiger partial charge < -0.3 is 10.6 Å². The van der Waals surface area contributed by atoms with E-state index in [4.69, 9.17) is 39.0 Å². The molecule has 1 aromatic carbocycles. The first kappa shape index (κ1) is 13.3. The van der Waals surface area contributed by atoms with Gasteiger partial charge in [0.15, 0.2) is 0 Å². The van der Waals surface area contributed by atoms with Gasteiger partial charge in [-0.05, 0) is 17.7 Å². The van der Waals surface area contributed by atoms with Crippen molar-refractivity contribution >= 4 is 34.8 Å². The molecule has 0 aromatic heterocycles. The molecule has 2 N–H and O–H groups in total. The number of benzene rings is 1. The zero-order valence-corrected chi connectivity index (χ0v) is 10.00. The number of carbonyl (C=O) groups excluding carboxylic acids is 1. The minimum Gasteiger partial charge on any atom is -0.390 e. The number of halogens is 2. The van der Waals surface area contributed by atoms with Gasteiger partial charge in [0, 0.05) is 0 Å². The summed E-state index contributed by atoms with van der Waals surface area (Å²) < 4.78 is 0. The van der Waals surface area contributed by atoms with Gasteiger partial charge in [-0.2, -0.15) is 5.26 Å². The van der Waals surface area contributed by atoms with Gasteiger partial charge in [-0.1, -0.05) is 34.4 Å². The Morgan fingerprint density at radius 1 is 1.47 bits per heavy atom. The van der Waals surface area contributed by atoms with Gasteiger partial charge in [-0.3, -0.25) is 4.79 Å². The lowest BCUT2D eigenvalue weighted by Gasteiger charge is -2.01. The molecule has 17 heavy (non-hydrogen) atoms. The molecule has 1 aromatic rings. The largest absolute Gasteiger partial charge is 0.390 e.